The normalized spacial score (nSPS) is 10.1. The van der Waals surface area contributed by atoms with Crippen molar-refractivity contribution < 1.29 is 19.4 Å². The molecule has 0 aliphatic heterocycles. The number of primary amides is 1. The number of aromatic carboxylic acids is 1. The van der Waals surface area contributed by atoms with Gasteiger partial charge in [-0.3, -0.25) is 4.79 Å². The number of ether oxygens (including phenoxy) is 1. The summed E-state index contributed by atoms with van der Waals surface area (Å²) in [7, 11) is 0. The van der Waals surface area contributed by atoms with Crippen LogP contribution in [0.1, 0.15) is 20.7 Å². The molecule has 0 atom stereocenters. The summed E-state index contributed by atoms with van der Waals surface area (Å²) in [5.74, 6) is -1.38. The number of hydrogen-bond donors (Lipinski definition) is 2. The van der Waals surface area contributed by atoms with Gasteiger partial charge in [0.25, 0.3) is 0 Å². The second kappa shape index (κ2) is 5.70. The molecule has 0 radical (unpaired) electrons. The van der Waals surface area contributed by atoms with Crippen LogP contribution in [0.5, 0.6) is 11.6 Å². The van der Waals surface area contributed by atoms with Crippen molar-refractivity contribution in [3.63, 3.8) is 0 Å². The van der Waals surface area contributed by atoms with Gasteiger partial charge < -0.3 is 15.6 Å². The standard InChI is InChI=1S/C13H9BrN2O4/c14-8-5-10(13(18)19)12(16-6-8)20-9-3-1-7(2-4-9)11(15)17/h1-6H,(H2,15,17)(H,18,19). The molecule has 102 valence electrons. The van der Waals surface area contributed by atoms with Gasteiger partial charge in [-0.05, 0) is 46.3 Å². The van der Waals surface area contributed by atoms with E-state index in [1.165, 1.54) is 36.5 Å². The third-order valence-electron chi connectivity index (χ3n) is 2.40. The van der Waals surface area contributed by atoms with Crippen LogP contribution < -0.4 is 10.5 Å². The average Bonchev–Trinajstić information content (AvgIpc) is 2.41. The topological polar surface area (TPSA) is 103 Å². The van der Waals surface area contributed by atoms with Crippen molar-refractivity contribution in [2.45, 2.75) is 0 Å². The van der Waals surface area contributed by atoms with E-state index in [1.807, 2.05) is 0 Å². The molecule has 7 heteroatoms. The minimum absolute atomic E-state index is 0.0347. The molecule has 1 amide bonds. The number of carbonyl (C=O) groups is 2. The van der Waals surface area contributed by atoms with E-state index in [1.54, 1.807) is 0 Å². The number of nitrogens with two attached hydrogens (primary N) is 1. The van der Waals surface area contributed by atoms with Crippen molar-refractivity contribution >= 4 is 27.8 Å². The van der Waals surface area contributed by atoms with E-state index in [4.69, 9.17) is 15.6 Å². The summed E-state index contributed by atoms with van der Waals surface area (Å²) in [5, 5.41) is 9.08. The molecule has 2 rings (SSSR count). The molecular formula is C13H9BrN2O4. The molecule has 0 aliphatic carbocycles. The maximum Gasteiger partial charge on any atom is 0.341 e. The van der Waals surface area contributed by atoms with Crippen LogP contribution >= 0.6 is 15.9 Å². The van der Waals surface area contributed by atoms with Gasteiger partial charge in [-0.25, -0.2) is 9.78 Å². The minimum atomic E-state index is -1.15. The lowest BCUT2D eigenvalue weighted by Crippen LogP contribution is -2.10. The van der Waals surface area contributed by atoms with Gasteiger partial charge in [-0.2, -0.15) is 0 Å². The summed E-state index contributed by atoms with van der Waals surface area (Å²) >= 11 is 3.14. The highest BCUT2D eigenvalue weighted by atomic mass is 79.9. The van der Waals surface area contributed by atoms with Crippen LogP contribution in [0.4, 0.5) is 0 Å². The number of nitrogens with zero attached hydrogens (tertiary/aromatic N) is 1. The van der Waals surface area contributed by atoms with Crippen molar-refractivity contribution in [2.75, 3.05) is 0 Å². The lowest BCUT2D eigenvalue weighted by molar-refractivity contribution is 0.0693. The zero-order valence-electron chi connectivity index (χ0n) is 10.0. The summed E-state index contributed by atoms with van der Waals surface area (Å²) < 4.78 is 5.93. The van der Waals surface area contributed by atoms with Crippen LogP contribution in [0.3, 0.4) is 0 Å². The number of aromatic nitrogens is 1. The maximum atomic E-state index is 11.1. The lowest BCUT2D eigenvalue weighted by Gasteiger charge is -2.08. The predicted molar refractivity (Wildman–Crippen MR) is 73.9 cm³/mol. The smallest absolute Gasteiger partial charge is 0.341 e. The Morgan fingerprint density at radius 2 is 1.90 bits per heavy atom. The monoisotopic (exact) mass is 336 g/mol. The number of hydrogen-bond acceptors (Lipinski definition) is 4. The summed E-state index contributed by atoms with van der Waals surface area (Å²) in [4.78, 5) is 26.0. The molecule has 0 saturated heterocycles. The van der Waals surface area contributed by atoms with Crippen LogP contribution in [-0.4, -0.2) is 22.0 Å². The molecule has 1 aromatic carbocycles. The quantitative estimate of drug-likeness (QED) is 0.892. The van der Waals surface area contributed by atoms with E-state index in [2.05, 4.69) is 20.9 Å². The third-order valence-corrected chi connectivity index (χ3v) is 2.84. The molecule has 0 fully saturated rings. The molecule has 6 nitrogen and oxygen atoms in total. The average molecular weight is 337 g/mol. The molecule has 0 saturated carbocycles. The van der Waals surface area contributed by atoms with Crippen LogP contribution in [0, 0.1) is 0 Å². The molecule has 0 aliphatic rings. The summed E-state index contributed by atoms with van der Waals surface area (Å²) in [6, 6.07) is 7.38. The number of carboxylic acids is 1. The number of rotatable bonds is 4. The van der Waals surface area contributed by atoms with Crippen LogP contribution in [0.15, 0.2) is 41.0 Å². The number of carbonyl (C=O) groups excluding carboxylic acids is 1. The Morgan fingerprint density at radius 1 is 1.25 bits per heavy atom. The Morgan fingerprint density at radius 3 is 2.45 bits per heavy atom. The summed E-state index contributed by atoms with van der Waals surface area (Å²) in [6.45, 7) is 0. The van der Waals surface area contributed by atoms with Crippen LogP contribution in [0.25, 0.3) is 0 Å². The Hall–Kier alpha value is -2.41. The fraction of sp³-hybridized carbons (Fsp3) is 0. The first-order chi connectivity index (χ1) is 9.47. The van der Waals surface area contributed by atoms with Gasteiger partial charge >= 0.3 is 5.97 Å². The molecule has 0 unspecified atom stereocenters. The zero-order chi connectivity index (χ0) is 14.7. The van der Waals surface area contributed by atoms with Crippen LogP contribution in [0.2, 0.25) is 0 Å². The highest BCUT2D eigenvalue weighted by Crippen LogP contribution is 2.25. The number of carboxylic acid groups (broad SMARTS) is 1. The van der Waals surface area contributed by atoms with E-state index in [0.717, 1.165) is 0 Å². The SMILES string of the molecule is NC(=O)c1ccc(Oc2ncc(Br)cc2C(=O)O)cc1. The van der Waals surface area contributed by atoms with Gasteiger partial charge in [0.05, 0.1) is 0 Å². The van der Waals surface area contributed by atoms with Gasteiger partial charge in [0.2, 0.25) is 11.8 Å². The fourth-order valence-electron chi connectivity index (χ4n) is 1.46. The van der Waals surface area contributed by atoms with Gasteiger partial charge in [-0.1, -0.05) is 0 Å². The highest BCUT2D eigenvalue weighted by Gasteiger charge is 2.14. The van der Waals surface area contributed by atoms with Gasteiger partial charge in [0, 0.05) is 16.2 Å². The van der Waals surface area contributed by atoms with Gasteiger partial charge in [0.15, 0.2) is 0 Å². The van der Waals surface area contributed by atoms with E-state index in [0.29, 0.717) is 15.8 Å². The summed E-state index contributed by atoms with van der Waals surface area (Å²) in [5.41, 5.74) is 5.38. The molecule has 0 spiro atoms. The second-order valence-corrected chi connectivity index (χ2v) is 4.72. The van der Waals surface area contributed by atoms with E-state index >= 15 is 0 Å². The van der Waals surface area contributed by atoms with Crippen molar-refractivity contribution in [2.24, 2.45) is 5.73 Å². The Kier molecular flexibility index (Phi) is 3.99. The molecule has 1 heterocycles. The number of pyridine rings is 1. The first kappa shape index (κ1) is 14.0. The zero-order valence-corrected chi connectivity index (χ0v) is 11.6. The minimum Gasteiger partial charge on any atom is -0.477 e. The summed E-state index contributed by atoms with van der Waals surface area (Å²) in [6.07, 6.45) is 1.43. The van der Waals surface area contributed by atoms with Crippen LogP contribution in [-0.2, 0) is 0 Å². The molecule has 0 bridgehead atoms. The van der Waals surface area contributed by atoms with E-state index < -0.39 is 11.9 Å². The number of benzene rings is 1. The molecule has 3 N–H and O–H groups in total. The Bertz CT molecular complexity index is 671. The van der Waals surface area contributed by atoms with Crippen molar-refractivity contribution in [1.29, 1.82) is 0 Å². The van der Waals surface area contributed by atoms with E-state index in [9.17, 15) is 9.59 Å². The molecule has 1 aromatic heterocycles. The Labute approximate surface area is 122 Å². The van der Waals surface area contributed by atoms with Crippen molar-refractivity contribution in [3.05, 3.63) is 52.1 Å². The number of halogens is 1. The molecule has 20 heavy (non-hydrogen) atoms. The predicted octanol–water partition coefficient (Wildman–Crippen LogP) is 2.43. The fourth-order valence-corrected chi connectivity index (χ4v) is 1.79. The van der Waals surface area contributed by atoms with Crippen molar-refractivity contribution in [1.82, 2.24) is 4.98 Å². The third kappa shape index (κ3) is 3.12. The van der Waals surface area contributed by atoms with Gasteiger partial charge in [-0.15, -0.1) is 0 Å². The number of amides is 1. The highest BCUT2D eigenvalue weighted by molar-refractivity contribution is 9.10. The van der Waals surface area contributed by atoms with Gasteiger partial charge in [0.1, 0.15) is 11.3 Å². The lowest BCUT2D eigenvalue weighted by atomic mass is 10.2. The second-order valence-electron chi connectivity index (χ2n) is 3.80. The van der Waals surface area contributed by atoms with Crippen molar-refractivity contribution in [3.8, 4) is 11.6 Å². The first-order valence-electron chi connectivity index (χ1n) is 5.44. The molecular weight excluding hydrogens is 328 g/mol. The molecule has 2 aromatic rings. The first-order valence-corrected chi connectivity index (χ1v) is 6.23. The largest absolute Gasteiger partial charge is 0.477 e. The maximum absolute atomic E-state index is 11.1. The van der Waals surface area contributed by atoms with E-state index in [-0.39, 0.29) is 11.4 Å². The Balaban J connectivity index is 2.30.